The van der Waals surface area contributed by atoms with Gasteiger partial charge in [0.1, 0.15) is 17.8 Å². The Labute approximate surface area is 225 Å². The van der Waals surface area contributed by atoms with Crippen LogP contribution in [0.3, 0.4) is 0 Å². The summed E-state index contributed by atoms with van der Waals surface area (Å²) in [5.74, 6) is 0.795. The Morgan fingerprint density at radius 2 is 1.55 bits per heavy atom. The largest absolute Gasteiger partial charge is 0.356 e. The lowest BCUT2D eigenvalue weighted by molar-refractivity contribution is 0.0724. The van der Waals surface area contributed by atoms with Crippen molar-refractivity contribution < 1.29 is 9.59 Å². The number of amides is 2. The van der Waals surface area contributed by atoms with Crippen LogP contribution < -0.4 is 4.90 Å². The van der Waals surface area contributed by atoms with E-state index in [1.165, 1.54) is 0 Å². The molecular weight excluding hydrogens is 500 g/mol. The van der Waals surface area contributed by atoms with Gasteiger partial charge in [0.2, 0.25) is 0 Å². The number of hydrogen-bond donors (Lipinski definition) is 1. The molecule has 0 saturated carbocycles. The van der Waals surface area contributed by atoms with Gasteiger partial charge in [0.15, 0.2) is 0 Å². The number of piperazine rings is 1. The number of benzene rings is 2. The van der Waals surface area contributed by atoms with E-state index in [2.05, 4.69) is 32.0 Å². The Kier molecular flexibility index (Phi) is 6.55. The van der Waals surface area contributed by atoms with E-state index < -0.39 is 0 Å². The molecule has 8 nitrogen and oxygen atoms in total. The maximum absolute atomic E-state index is 13.4. The highest BCUT2D eigenvalue weighted by Crippen LogP contribution is 2.28. The zero-order valence-corrected chi connectivity index (χ0v) is 21.6. The Morgan fingerprint density at radius 3 is 2.26 bits per heavy atom. The number of nitrogens with zero attached hydrogens (tertiary/aromatic N) is 5. The second-order valence-electron chi connectivity index (χ2n) is 9.55. The summed E-state index contributed by atoms with van der Waals surface area (Å²) in [7, 11) is 0. The molecule has 2 aromatic carbocycles. The molecule has 2 aliphatic rings. The van der Waals surface area contributed by atoms with Crippen molar-refractivity contribution >= 4 is 29.2 Å². The highest BCUT2D eigenvalue weighted by Gasteiger charge is 2.29. The van der Waals surface area contributed by atoms with Gasteiger partial charge in [-0.2, -0.15) is 0 Å². The molecule has 0 unspecified atom stereocenters. The number of rotatable bonds is 4. The topological polar surface area (TPSA) is 85.4 Å². The summed E-state index contributed by atoms with van der Waals surface area (Å²) >= 11 is 5.97. The van der Waals surface area contributed by atoms with Gasteiger partial charge in [-0.1, -0.05) is 54.1 Å². The summed E-state index contributed by atoms with van der Waals surface area (Å²) in [6, 6.07) is 19.6. The lowest BCUT2D eigenvalue weighted by Gasteiger charge is -2.37. The van der Waals surface area contributed by atoms with E-state index in [1.807, 2.05) is 52.3 Å². The molecule has 9 heteroatoms. The van der Waals surface area contributed by atoms with Gasteiger partial charge < -0.3 is 19.7 Å². The van der Waals surface area contributed by atoms with Gasteiger partial charge in [-0.15, -0.1) is 0 Å². The van der Waals surface area contributed by atoms with Crippen molar-refractivity contribution in [2.45, 2.75) is 13.0 Å². The first-order valence-corrected chi connectivity index (χ1v) is 13.1. The van der Waals surface area contributed by atoms with E-state index in [0.717, 1.165) is 28.2 Å². The number of aromatic nitrogens is 3. The average Bonchev–Trinajstić information content (AvgIpc) is 3.42. The second-order valence-corrected chi connectivity index (χ2v) is 9.99. The molecule has 0 aliphatic carbocycles. The fourth-order valence-corrected chi connectivity index (χ4v) is 5.34. The number of H-pyrrole nitrogens is 1. The first-order valence-electron chi connectivity index (χ1n) is 12.7. The molecule has 2 aliphatic heterocycles. The van der Waals surface area contributed by atoms with Crippen LogP contribution in [-0.2, 0) is 13.0 Å². The predicted octanol–water partition coefficient (Wildman–Crippen LogP) is 4.29. The van der Waals surface area contributed by atoms with Crippen LogP contribution in [0, 0.1) is 0 Å². The van der Waals surface area contributed by atoms with Gasteiger partial charge in [0.05, 0.1) is 17.3 Å². The molecule has 0 radical (unpaired) electrons. The van der Waals surface area contributed by atoms with Gasteiger partial charge in [0.25, 0.3) is 11.8 Å². The van der Waals surface area contributed by atoms with Gasteiger partial charge in [0, 0.05) is 56.5 Å². The summed E-state index contributed by atoms with van der Waals surface area (Å²) in [6.07, 6.45) is 3.90. The summed E-state index contributed by atoms with van der Waals surface area (Å²) in [5, 5.41) is 0.519. The third-order valence-corrected chi connectivity index (χ3v) is 7.47. The molecule has 6 rings (SSSR count). The number of hydrogen-bond acceptors (Lipinski definition) is 5. The van der Waals surface area contributed by atoms with Crippen LogP contribution in [0.1, 0.15) is 32.1 Å². The Hall–Kier alpha value is -4.17. The van der Waals surface area contributed by atoms with Crippen LogP contribution in [0.2, 0.25) is 5.02 Å². The molecule has 0 atom stereocenters. The van der Waals surface area contributed by atoms with Crippen LogP contribution in [0.4, 0.5) is 5.82 Å². The second kappa shape index (κ2) is 10.3. The van der Waals surface area contributed by atoms with Gasteiger partial charge in [-0.3, -0.25) is 9.59 Å². The van der Waals surface area contributed by atoms with Crippen molar-refractivity contribution in [2.75, 3.05) is 37.6 Å². The van der Waals surface area contributed by atoms with Crippen LogP contribution in [0.25, 0.3) is 11.1 Å². The average molecular weight is 527 g/mol. The van der Waals surface area contributed by atoms with Crippen LogP contribution in [0.5, 0.6) is 0 Å². The van der Waals surface area contributed by atoms with Crippen molar-refractivity contribution in [3.05, 3.63) is 101 Å². The number of aromatic amines is 1. The first kappa shape index (κ1) is 24.2. The molecule has 0 spiro atoms. The highest BCUT2D eigenvalue weighted by atomic mass is 35.5. The number of nitrogens with one attached hydrogen (secondary N) is 1. The standard InChI is InChI=1S/C29H27ClN6O2/c30-23-16-26(31-17-23)29(38)35-14-12-34(13-15-35)27-24-18-36(11-10-25(24)32-19-33-27)28(37)22-8-6-21(7-9-22)20-4-2-1-3-5-20/h1-9,16-17,19,31H,10-15,18H2. The Bertz CT molecular complexity index is 1460. The third-order valence-electron chi connectivity index (χ3n) is 7.25. The minimum absolute atomic E-state index is 0.00471. The molecular formula is C29H27ClN6O2. The number of halogens is 1. The molecule has 38 heavy (non-hydrogen) atoms. The third kappa shape index (κ3) is 4.75. The van der Waals surface area contributed by atoms with Crippen molar-refractivity contribution in [3.63, 3.8) is 0 Å². The summed E-state index contributed by atoms with van der Waals surface area (Å²) in [4.78, 5) is 44.1. The number of anilines is 1. The van der Waals surface area contributed by atoms with E-state index in [9.17, 15) is 9.59 Å². The number of carbonyl (C=O) groups is 2. The SMILES string of the molecule is O=C(c1ccc(-c2ccccc2)cc1)N1CCc2ncnc(N3CCN(C(=O)c4cc(Cl)c[nH]4)CC3)c2C1. The van der Waals surface area contributed by atoms with E-state index >= 15 is 0 Å². The summed E-state index contributed by atoms with van der Waals surface area (Å²) in [5.41, 5.74) is 5.34. The predicted molar refractivity (Wildman–Crippen MR) is 146 cm³/mol. The van der Waals surface area contributed by atoms with Crippen LogP contribution in [0.15, 0.2) is 73.2 Å². The molecule has 1 N–H and O–H groups in total. The Morgan fingerprint density at radius 1 is 0.816 bits per heavy atom. The van der Waals surface area contributed by atoms with Crippen LogP contribution >= 0.6 is 11.6 Å². The smallest absolute Gasteiger partial charge is 0.270 e. The zero-order chi connectivity index (χ0) is 26.1. The highest BCUT2D eigenvalue weighted by molar-refractivity contribution is 6.30. The van der Waals surface area contributed by atoms with Crippen molar-refractivity contribution in [2.24, 2.45) is 0 Å². The molecule has 192 valence electrons. The molecule has 0 bridgehead atoms. The lowest BCUT2D eigenvalue weighted by Crippen LogP contribution is -2.49. The summed E-state index contributed by atoms with van der Waals surface area (Å²) in [6.45, 7) is 3.53. The summed E-state index contributed by atoms with van der Waals surface area (Å²) < 4.78 is 0. The molecule has 1 fully saturated rings. The van der Waals surface area contributed by atoms with E-state index in [0.29, 0.717) is 62.0 Å². The maximum Gasteiger partial charge on any atom is 0.270 e. The van der Waals surface area contributed by atoms with E-state index in [1.54, 1.807) is 18.6 Å². The zero-order valence-electron chi connectivity index (χ0n) is 20.8. The molecule has 2 amide bonds. The number of fused-ring (bicyclic) bond motifs is 1. The van der Waals surface area contributed by atoms with E-state index in [-0.39, 0.29) is 11.8 Å². The molecule has 4 heterocycles. The molecule has 1 saturated heterocycles. The Balaban J connectivity index is 1.15. The normalized spacial score (nSPS) is 15.3. The molecule has 4 aromatic rings. The van der Waals surface area contributed by atoms with Gasteiger partial charge in [-0.25, -0.2) is 9.97 Å². The molecule has 2 aromatic heterocycles. The van der Waals surface area contributed by atoms with Crippen molar-refractivity contribution in [1.82, 2.24) is 24.8 Å². The van der Waals surface area contributed by atoms with E-state index in [4.69, 9.17) is 11.6 Å². The van der Waals surface area contributed by atoms with Gasteiger partial charge in [-0.05, 0) is 29.3 Å². The van der Waals surface area contributed by atoms with Crippen molar-refractivity contribution in [3.8, 4) is 11.1 Å². The lowest BCUT2D eigenvalue weighted by atomic mass is 10.0. The maximum atomic E-state index is 13.4. The van der Waals surface area contributed by atoms with Crippen LogP contribution in [-0.4, -0.2) is 69.3 Å². The first-order chi connectivity index (χ1) is 18.6. The minimum Gasteiger partial charge on any atom is -0.356 e. The quantitative estimate of drug-likeness (QED) is 0.429. The minimum atomic E-state index is -0.0590. The van der Waals surface area contributed by atoms with Crippen molar-refractivity contribution in [1.29, 1.82) is 0 Å². The van der Waals surface area contributed by atoms with Gasteiger partial charge >= 0.3 is 0 Å². The fourth-order valence-electron chi connectivity index (χ4n) is 5.17. The monoisotopic (exact) mass is 526 g/mol. The fraction of sp³-hybridized carbons (Fsp3) is 0.241. The number of carbonyl (C=O) groups excluding carboxylic acids is 2.